The maximum Gasteiger partial charge on any atom is 0.273 e. The first kappa shape index (κ1) is 21.1. The molecule has 1 unspecified atom stereocenters. The van der Waals surface area contributed by atoms with Crippen molar-refractivity contribution in [1.82, 2.24) is 14.8 Å². The maximum atomic E-state index is 13.3. The van der Waals surface area contributed by atoms with Crippen LogP contribution in [0.25, 0.3) is 0 Å². The first-order chi connectivity index (χ1) is 15.3. The van der Waals surface area contributed by atoms with Crippen LogP contribution in [0.1, 0.15) is 67.6 Å². The second kappa shape index (κ2) is 8.00. The van der Waals surface area contributed by atoms with Crippen LogP contribution >= 0.6 is 0 Å². The maximum absolute atomic E-state index is 13.3. The van der Waals surface area contributed by atoms with Crippen molar-refractivity contribution >= 4 is 27.5 Å². The van der Waals surface area contributed by atoms with Crippen LogP contribution in [0.3, 0.4) is 0 Å². The number of carbonyl (C=O) groups is 2. The molecule has 1 saturated carbocycles. The van der Waals surface area contributed by atoms with E-state index in [-0.39, 0.29) is 40.5 Å². The summed E-state index contributed by atoms with van der Waals surface area (Å²) >= 11 is 0. The Bertz CT molecular complexity index is 1130. The highest BCUT2D eigenvalue weighted by Gasteiger charge is 2.47. The Kier molecular flexibility index (Phi) is 5.29. The molecule has 10 heteroatoms. The van der Waals surface area contributed by atoms with Crippen LogP contribution in [0.5, 0.6) is 0 Å². The predicted octanol–water partition coefficient (Wildman–Crippen LogP) is 2.62. The topological polar surface area (TPSA) is 122 Å². The summed E-state index contributed by atoms with van der Waals surface area (Å²) in [7, 11) is -3.67. The minimum absolute atomic E-state index is 0.102. The van der Waals surface area contributed by atoms with Gasteiger partial charge < -0.3 is 15.2 Å². The van der Waals surface area contributed by atoms with Crippen LogP contribution in [-0.4, -0.2) is 47.8 Å². The van der Waals surface area contributed by atoms with E-state index in [2.05, 4.69) is 15.8 Å². The largest absolute Gasteiger partial charge is 0.360 e. The molecule has 5 rings (SSSR count). The van der Waals surface area contributed by atoms with Crippen LogP contribution < -0.4 is 10.6 Å². The fourth-order valence-corrected chi connectivity index (χ4v) is 6.79. The number of hydrogen-bond acceptors (Lipinski definition) is 6. The number of benzene rings is 1. The van der Waals surface area contributed by atoms with Crippen LogP contribution in [0.2, 0.25) is 0 Å². The van der Waals surface area contributed by atoms with Crippen LogP contribution in [0.4, 0.5) is 5.69 Å². The Labute approximate surface area is 186 Å². The van der Waals surface area contributed by atoms with Crippen molar-refractivity contribution in [1.29, 1.82) is 0 Å². The number of carbonyl (C=O) groups excluding carboxylic acids is 2. The number of anilines is 1. The van der Waals surface area contributed by atoms with Gasteiger partial charge in [-0.15, -0.1) is 0 Å². The van der Waals surface area contributed by atoms with Crippen molar-refractivity contribution < 1.29 is 22.5 Å². The molecular formula is C22H26N4O5S. The molecule has 1 aromatic carbocycles. The molecule has 0 radical (unpaired) electrons. The zero-order valence-corrected chi connectivity index (χ0v) is 18.6. The number of hydrogen-bond donors (Lipinski definition) is 2. The van der Waals surface area contributed by atoms with Crippen molar-refractivity contribution in [2.75, 3.05) is 5.32 Å². The van der Waals surface area contributed by atoms with E-state index in [4.69, 9.17) is 4.52 Å². The van der Waals surface area contributed by atoms with E-state index < -0.39 is 10.0 Å². The Morgan fingerprint density at radius 2 is 1.72 bits per heavy atom. The highest BCUT2D eigenvalue weighted by Crippen LogP contribution is 2.41. The van der Waals surface area contributed by atoms with Crippen molar-refractivity contribution in [3.05, 3.63) is 41.8 Å². The first-order valence-corrected chi connectivity index (χ1v) is 12.4. The number of nitrogens with one attached hydrogen (secondary N) is 2. The molecule has 3 aliphatic rings. The van der Waals surface area contributed by atoms with Crippen molar-refractivity contribution in [2.24, 2.45) is 0 Å². The van der Waals surface area contributed by atoms with E-state index in [0.717, 1.165) is 31.4 Å². The number of amides is 2. The Balaban J connectivity index is 1.26. The highest BCUT2D eigenvalue weighted by atomic mass is 32.2. The van der Waals surface area contributed by atoms with E-state index >= 15 is 0 Å². The van der Waals surface area contributed by atoms with Gasteiger partial charge in [0.1, 0.15) is 5.76 Å². The van der Waals surface area contributed by atoms with Crippen molar-refractivity contribution in [3.8, 4) is 0 Å². The summed E-state index contributed by atoms with van der Waals surface area (Å²) in [5, 5.41) is 9.56. The van der Waals surface area contributed by atoms with Gasteiger partial charge >= 0.3 is 0 Å². The second-order valence-corrected chi connectivity index (χ2v) is 10.8. The molecule has 2 saturated heterocycles. The fraction of sp³-hybridized carbons (Fsp3) is 0.500. The summed E-state index contributed by atoms with van der Waals surface area (Å²) in [5.74, 6) is 0.674. The molecule has 1 aromatic heterocycles. The molecule has 2 N–H and O–H groups in total. The quantitative estimate of drug-likeness (QED) is 0.686. The average molecular weight is 459 g/mol. The standard InChI is InChI=1S/C22H26N4O5S/c1-13(27)23-15-4-8-19(9-5-15)32(29,30)26-17-6-7-18(26)11-16(10-17)24-22(28)20-12-21(31-25-20)14-2-3-14/h4-5,8-9,12,14,16-18H,2-3,6-7,10-11H2,1H3,(H,23,27)(H,24,28)/t16?,17-,18+. The summed E-state index contributed by atoms with van der Waals surface area (Å²) in [5.41, 5.74) is 0.840. The molecule has 0 spiro atoms. The number of piperidine rings is 1. The number of fused-ring (bicyclic) bond motifs is 2. The molecule has 1 aliphatic carbocycles. The van der Waals surface area contributed by atoms with Gasteiger partial charge in [-0.2, -0.15) is 4.31 Å². The van der Waals surface area contributed by atoms with Crippen molar-refractivity contribution in [3.63, 3.8) is 0 Å². The third kappa shape index (κ3) is 4.04. The summed E-state index contributed by atoms with van der Waals surface area (Å²) in [6, 6.07) is 7.54. The van der Waals surface area contributed by atoms with E-state index in [1.54, 1.807) is 22.5 Å². The molecule has 2 bridgehead atoms. The zero-order chi connectivity index (χ0) is 22.5. The predicted molar refractivity (Wildman–Crippen MR) is 116 cm³/mol. The van der Waals surface area contributed by atoms with E-state index in [1.165, 1.54) is 19.1 Å². The van der Waals surface area contributed by atoms with Crippen LogP contribution in [-0.2, 0) is 14.8 Å². The molecule has 170 valence electrons. The van der Waals surface area contributed by atoms with Crippen molar-refractivity contribution in [2.45, 2.75) is 74.4 Å². The second-order valence-electron chi connectivity index (χ2n) is 8.96. The molecule has 2 amide bonds. The molecule has 2 aromatic rings. The fourth-order valence-electron chi connectivity index (χ4n) is 4.90. The molecule has 9 nitrogen and oxygen atoms in total. The van der Waals surface area contributed by atoms with Gasteiger partial charge in [-0.25, -0.2) is 8.42 Å². The zero-order valence-electron chi connectivity index (χ0n) is 17.8. The van der Waals surface area contributed by atoms with Gasteiger partial charge in [0.05, 0.1) is 4.90 Å². The van der Waals surface area contributed by atoms with Gasteiger partial charge in [-0.1, -0.05) is 5.16 Å². The lowest BCUT2D eigenvalue weighted by Crippen LogP contribution is -2.52. The summed E-state index contributed by atoms with van der Waals surface area (Å²) in [4.78, 5) is 24.0. The minimum atomic E-state index is -3.67. The van der Waals surface area contributed by atoms with E-state index in [0.29, 0.717) is 24.4 Å². The Hall–Kier alpha value is -2.72. The number of sulfonamides is 1. The lowest BCUT2D eigenvalue weighted by atomic mass is 9.99. The molecule has 32 heavy (non-hydrogen) atoms. The number of aromatic nitrogens is 1. The normalized spacial score (nSPS) is 25.5. The first-order valence-electron chi connectivity index (χ1n) is 11.0. The summed E-state index contributed by atoms with van der Waals surface area (Å²) < 4.78 is 33.6. The van der Waals surface area contributed by atoms with Gasteiger partial charge in [0.15, 0.2) is 5.69 Å². The number of rotatable bonds is 6. The molecule has 3 heterocycles. The lowest BCUT2D eigenvalue weighted by Gasteiger charge is -2.38. The molecule has 3 fully saturated rings. The molecule has 3 atom stereocenters. The lowest BCUT2D eigenvalue weighted by molar-refractivity contribution is -0.114. The summed E-state index contributed by atoms with van der Waals surface area (Å²) in [6.45, 7) is 1.40. The van der Waals surface area contributed by atoms with Gasteiger partial charge in [-0.05, 0) is 62.8 Å². The highest BCUT2D eigenvalue weighted by molar-refractivity contribution is 7.89. The van der Waals surface area contributed by atoms with E-state index in [1.807, 2.05) is 0 Å². The third-order valence-corrected chi connectivity index (χ3v) is 8.51. The molecule has 2 aliphatic heterocycles. The molecular weight excluding hydrogens is 432 g/mol. The Morgan fingerprint density at radius 1 is 1.06 bits per heavy atom. The Morgan fingerprint density at radius 3 is 2.31 bits per heavy atom. The van der Waals surface area contributed by atoms with Gasteiger partial charge in [-0.3, -0.25) is 9.59 Å². The average Bonchev–Trinajstić information content (AvgIpc) is 3.40. The van der Waals surface area contributed by atoms with E-state index in [9.17, 15) is 18.0 Å². The van der Waals surface area contributed by atoms with Gasteiger partial charge in [0.2, 0.25) is 15.9 Å². The monoisotopic (exact) mass is 458 g/mol. The van der Waals surface area contributed by atoms with Gasteiger partial charge in [0, 0.05) is 42.7 Å². The smallest absolute Gasteiger partial charge is 0.273 e. The van der Waals surface area contributed by atoms with Crippen LogP contribution in [0, 0.1) is 0 Å². The van der Waals surface area contributed by atoms with Gasteiger partial charge in [0.25, 0.3) is 5.91 Å². The van der Waals surface area contributed by atoms with Crippen LogP contribution in [0.15, 0.2) is 39.8 Å². The minimum Gasteiger partial charge on any atom is -0.360 e. The summed E-state index contributed by atoms with van der Waals surface area (Å²) in [6.07, 6.45) is 4.83. The number of nitrogens with zero attached hydrogens (tertiary/aromatic N) is 2. The SMILES string of the molecule is CC(=O)Nc1ccc(S(=O)(=O)N2[C@@H]3CC[C@H]2CC(NC(=O)c2cc(C4CC4)on2)C3)cc1. The third-order valence-electron chi connectivity index (χ3n) is 6.49.